The first-order valence-corrected chi connectivity index (χ1v) is 1.11. The van der Waals surface area contributed by atoms with Gasteiger partial charge in [-0.15, -0.1) is 0 Å². The zero-order valence-electron chi connectivity index (χ0n) is 3.18. The summed E-state index contributed by atoms with van der Waals surface area (Å²) in [5.41, 5.74) is 0. The lowest BCUT2D eigenvalue weighted by atomic mass is 10.7. The molecular formula is C3H3AlO2. The van der Waals surface area contributed by atoms with Gasteiger partial charge in [-0.3, -0.25) is 0 Å². The molecule has 0 bridgehead atoms. The fourth-order valence-electron chi connectivity index (χ4n) is 0. The molecule has 0 rings (SSSR count). The quantitative estimate of drug-likeness (QED) is 0.329. The van der Waals surface area contributed by atoms with Crippen molar-refractivity contribution >= 4 is 23.3 Å². The van der Waals surface area contributed by atoms with Gasteiger partial charge >= 0.3 is 5.97 Å². The van der Waals surface area contributed by atoms with Crippen LogP contribution in [0.3, 0.4) is 0 Å². The third-order valence-corrected chi connectivity index (χ3v) is 0.167. The van der Waals surface area contributed by atoms with E-state index in [0.29, 0.717) is 0 Å². The van der Waals surface area contributed by atoms with E-state index in [-0.39, 0.29) is 17.4 Å². The van der Waals surface area contributed by atoms with E-state index in [1.165, 1.54) is 0 Å². The van der Waals surface area contributed by atoms with Crippen LogP contribution in [0.1, 0.15) is 0 Å². The average molecular weight is 98.0 g/mol. The van der Waals surface area contributed by atoms with Gasteiger partial charge in [-0.05, 0) is 0 Å². The van der Waals surface area contributed by atoms with E-state index in [4.69, 9.17) is 9.90 Å². The maximum absolute atomic E-state index is 9.14. The molecule has 0 aromatic rings. The third-order valence-electron chi connectivity index (χ3n) is 0.167. The van der Waals surface area contributed by atoms with Crippen molar-refractivity contribution in [3.63, 3.8) is 0 Å². The maximum atomic E-state index is 9.14. The van der Waals surface area contributed by atoms with Crippen LogP contribution >= 0.6 is 0 Å². The zero-order valence-corrected chi connectivity index (χ0v) is 4.33. The molecule has 0 fully saturated rings. The van der Waals surface area contributed by atoms with Crippen molar-refractivity contribution in [1.29, 1.82) is 0 Å². The number of rotatable bonds is 1. The molecule has 0 aromatic heterocycles. The predicted molar refractivity (Wildman–Crippen MR) is 21.6 cm³/mol. The van der Waals surface area contributed by atoms with Gasteiger partial charge in [0.05, 0.1) is 0 Å². The summed E-state index contributed by atoms with van der Waals surface area (Å²) in [7, 11) is 0. The molecule has 3 heteroatoms. The van der Waals surface area contributed by atoms with Crippen molar-refractivity contribution < 1.29 is 9.90 Å². The Hall–Kier alpha value is -0.258. The molecule has 2 nitrogen and oxygen atoms in total. The number of carbonyl (C=O) groups is 1. The molecule has 0 saturated carbocycles. The Kier molecular flexibility index (Phi) is 7.29. The Morgan fingerprint density at radius 1 is 1.67 bits per heavy atom. The molecule has 0 amide bonds. The lowest BCUT2D eigenvalue weighted by molar-refractivity contribution is -0.137. The van der Waals surface area contributed by atoms with Crippen molar-refractivity contribution in [2.45, 2.75) is 0 Å². The summed E-state index contributed by atoms with van der Waals surface area (Å²) in [4.78, 5) is 9.14. The van der Waals surface area contributed by atoms with Crippen molar-refractivity contribution in [3.05, 3.63) is 12.7 Å². The fourth-order valence-corrected chi connectivity index (χ4v) is 0. The lowest BCUT2D eigenvalue weighted by Gasteiger charge is -1.56. The Bertz CT molecular complexity index is 59.8. The second kappa shape index (κ2) is 4.74. The minimum absolute atomic E-state index is 0. The molecule has 0 unspecified atom stereocenters. The summed E-state index contributed by atoms with van der Waals surface area (Å²) >= 11 is 0. The summed E-state index contributed by atoms with van der Waals surface area (Å²) in [6.45, 7) is 2.90. The molecule has 0 saturated heterocycles. The highest BCUT2D eigenvalue weighted by Crippen LogP contribution is 1.56. The first kappa shape index (κ1) is 9.22. The molecular weight excluding hydrogens is 95.0 g/mol. The van der Waals surface area contributed by atoms with Crippen LogP contribution < -0.4 is 0 Å². The van der Waals surface area contributed by atoms with Crippen LogP contribution in [0, 0.1) is 0 Å². The molecule has 0 aliphatic rings. The minimum atomic E-state index is -1.23. The number of hydrogen-bond donors (Lipinski definition) is 0. The molecule has 30 valence electrons. The fraction of sp³-hybridized carbons (Fsp3) is 0. The van der Waals surface area contributed by atoms with Crippen LogP contribution in [-0.4, -0.2) is 23.3 Å². The van der Waals surface area contributed by atoms with Gasteiger partial charge in [0.15, 0.2) is 0 Å². The molecule has 0 heterocycles. The van der Waals surface area contributed by atoms with Gasteiger partial charge < -0.3 is 0 Å². The molecule has 0 atom stereocenters. The summed E-state index contributed by atoms with van der Waals surface area (Å²) in [5, 5.41) is 9.14. The topological polar surface area (TPSA) is 37.0 Å². The standard InChI is InChI=1S/C3H3O2.Al/c1-2-3(4)5;/h2H,1H2;. The highest BCUT2D eigenvalue weighted by atomic mass is 27.0. The summed E-state index contributed by atoms with van der Waals surface area (Å²) in [5.74, 6) is -1.23. The normalized spacial score (nSPS) is 5.33. The average Bonchev–Trinajstić information content (AvgIpc) is 1.38. The van der Waals surface area contributed by atoms with Crippen LogP contribution in [0.5, 0.6) is 0 Å². The second-order valence-electron chi connectivity index (χ2n) is 0.523. The monoisotopic (exact) mass is 98.0 g/mol. The van der Waals surface area contributed by atoms with Gasteiger partial charge in [0.1, 0.15) is 0 Å². The number of hydrogen-bond acceptors (Lipinski definition) is 1. The minimum Gasteiger partial charge on any atom is -0.242 e. The van der Waals surface area contributed by atoms with Gasteiger partial charge in [-0.2, -0.15) is 0 Å². The molecule has 6 heavy (non-hydrogen) atoms. The van der Waals surface area contributed by atoms with E-state index < -0.39 is 5.97 Å². The van der Waals surface area contributed by atoms with Gasteiger partial charge in [-0.25, -0.2) is 9.90 Å². The van der Waals surface area contributed by atoms with Crippen LogP contribution in [0.2, 0.25) is 0 Å². The highest BCUT2D eigenvalue weighted by molar-refractivity contribution is 5.78. The molecule has 0 aliphatic carbocycles. The Morgan fingerprint density at radius 3 is 1.83 bits per heavy atom. The van der Waals surface area contributed by atoms with Crippen molar-refractivity contribution in [2.75, 3.05) is 0 Å². The van der Waals surface area contributed by atoms with E-state index in [2.05, 4.69) is 6.58 Å². The van der Waals surface area contributed by atoms with Gasteiger partial charge in [0.2, 0.25) is 0 Å². The largest absolute Gasteiger partial charge is 0.378 e. The maximum Gasteiger partial charge on any atom is 0.378 e. The van der Waals surface area contributed by atoms with Gasteiger partial charge in [-0.1, -0.05) is 6.58 Å². The van der Waals surface area contributed by atoms with E-state index in [0.717, 1.165) is 6.08 Å². The van der Waals surface area contributed by atoms with Gasteiger partial charge in [0, 0.05) is 23.4 Å². The molecule has 0 spiro atoms. The molecule has 0 N–H and O–H groups in total. The lowest BCUT2D eigenvalue weighted by Crippen LogP contribution is -1.78. The Labute approximate surface area is 46.6 Å². The van der Waals surface area contributed by atoms with Crippen molar-refractivity contribution in [2.24, 2.45) is 0 Å². The SMILES string of the molecule is C=CC([O])=O.[Al]. The van der Waals surface area contributed by atoms with Crippen molar-refractivity contribution in [1.82, 2.24) is 0 Å². The summed E-state index contributed by atoms with van der Waals surface area (Å²) in [6.07, 6.45) is 0.722. The van der Waals surface area contributed by atoms with E-state index >= 15 is 0 Å². The van der Waals surface area contributed by atoms with E-state index in [9.17, 15) is 0 Å². The Morgan fingerprint density at radius 2 is 1.83 bits per heavy atom. The second-order valence-corrected chi connectivity index (χ2v) is 0.523. The summed E-state index contributed by atoms with van der Waals surface area (Å²) < 4.78 is 0. The highest BCUT2D eigenvalue weighted by Gasteiger charge is 1.79. The predicted octanol–water partition coefficient (Wildman–Crippen LogP) is -0.251. The van der Waals surface area contributed by atoms with E-state index in [1.807, 2.05) is 0 Å². The van der Waals surface area contributed by atoms with Crippen LogP contribution in [-0.2, 0) is 9.90 Å². The zero-order chi connectivity index (χ0) is 4.28. The third kappa shape index (κ3) is 9.27. The first-order chi connectivity index (χ1) is 2.27. The summed E-state index contributed by atoms with van der Waals surface area (Å²) in [6, 6.07) is 0. The Balaban J connectivity index is 0. The van der Waals surface area contributed by atoms with Gasteiger partial charge in [0.25, 0.3) is 0 Å². The smallest absolute Gasteiger partial charge is 0.242 e. The molecule has 0 aliphatic heterocycles. The van der Waals surface area contributed by atoms with E-state index in [1.54, 1.807) is 0 Å². The number of carbonyl (C=O) groups excluding carboxylic acids is 1. The van der Waals surface area contributed by atoms with Crippen LogP contribution in [0.25, 0.3) is 0 Å². The van der Waals surface area contributed by atoms with Crippen molar-refractivity contribution in [3.8, 4) is 0 Å². The van der Waals surface area contributed by atoms with Crippen LogP contribution in [0.15, 0.2) is 12.7 Å². The molecule has 4 radical (unpaired) electrons. The molecule has 0 aromatic carbocycles. The van der Waals surface area contributed by atoms with Crippen LogP contribution in [0.4, 0.5) is 0 Å². The first-order valence-electron chi connectivity index (χ1n) is 1.11.